The molecule has 7 heteroatoms. The van der Waals surface area contributed by atoms with Crippen LogP contribution in [-0.2, 0) is 17.8 Å². The van der Waals surface area contributed by atoms with Gasteiger partial charge in [-0.2, -0.15) is 0 Å². The van der Waals surface area contributed by atoms with Gasteiger partial charge in [0.1, 0.15) is 5.82 Å². The van der Waals surface area contributed by atoms with Crippen molar-refractivity contribution >= 4 is 17.7 Å². The number of halogens is 1. The predicted octanol–water partition coefficient (Wildman–Crippen LogP) is 3.21. The van der Waals surface area contributed by atoms with Crippen molar-refractivity contribution in [1.29, 1.82) is 0 Å². The number of guanidine groups is 1. The van der Waals surface area contributed by atoms with Gasteiger partial charge in [-0.25, -0.2) is 9.18 Å². The van der Waals surface area contributed by atoms with Crippen LogP contribution in [0, 0.1) is 5.82 Å². The van der Waals surface area contributed by atoms with Crippen LogP contribution in [0.15, 0.2) is 53.5 Å². The minimum atomic E-state index is -0.504. The molecule has 0 aliphatic carbocycles. The second-order valence-corrected chi connectivity index (χ2v) is 5.70. The molecule has 0 saturated carbocycles. The molecular formula is C19H23FN4O2. The quantitative estimate of drug-likeness (QED) is 0.636. The number of amides is 1. The van der Waals surface area contributed by atoms with Gasteiger partial charge in [0.15, 0.2) is 5.96 Å². The Morgan fingerprint density at radius 2 is 1.92 bits per heavy atom. The third-order valence-electron chi connectivity index (χ3n) is 3.72. The van der Waals surface area contributed by atoms with Gasteiger partial charge >= 0.3 is 6.09 Å². The maximum Gasteiger partial charge on any atom is 0.411 e. The lowest BCUT2D eigenvalue weighted by atomic mass is 10.2. The summed E-state index contributed by atoms with van der Waals surface area (Å²) in [5, 5.41) is 5.86. The van der Waals surface area contributed by atoms with E-state index in [4.69, 9.17) is 0 Å². The first-order valence-electron chi connectivity index (χ1n) is 8.12. The van der Waals surface area contributed by atoms with Crippen LogP contribution in [0.4, 0.5) is 14.9 Å². The van der Waals surface area contributed by atoms with E-state index in [9.17, 15) is 9.18 Å². The first-order valence-corrected chi connectivity index (χ1v) is 8.12. The van der Waals surface area contributed by atoms with Crippen LogP contribution >= 0.6 is 0 Å². The fourth-order valence-corrected chi connectivity index (χ4v) is 2.42. The number of benzene rings is 2. The number of hydrogen-bond acceptors (Lipinski definition) is 3. The number of nitrogens with one attached hydrogen (secondary N) is 2. The SMILES string of the molecule is CN=C(NCc1ccc(NC(=O)OC)cc1)N(C)Cc1cccc(F)c1. The Bertz CT molecular complexity index is 762. The Kier molecular flexibility index (Phi) is 6.96. The summed E-state index contributed by atoms with van der Waals surface area (Å²) in [6, 6.07) is 13.9. The third-order valence-corrected chi connectivity index (χ3v) is 3.72. The molecule has 2 aromatic carbocycles. The van der Waals surface area contributed by atoms with E-state index in [1.165, 1.54) is 19.2 Å². The fourth-order valence-electron chi connectivity index (χ4n) is 2.42. The van der Waals surface area contributed by atoms with Gasteiger partial charge in [0.05, 0.1) is 7.11 Å². The number of rotatable bonds is 5. The minimum Gasteiger partial charge on any atom is -0.453 e. The number of ether oxygens (including phenoxy) is 1. The zero-order valence-corrected chi connectivity index (χ0v) is 15.1. The lowest BCUT2D eigenvalue weighted by molar-refractivity contribution is 0.187. The van der Waals surface area contributed by atoms with E-state index in [0.717, 1.165) is 11.1 Å². The highest BCUT2D eigenvalue weighted by molar-refractivity contribution is 5.84. The van der Waals surface area contributed by atoms with Gasteiger partial charge < -0.3 is 15.0 Å². The lowest BCUT2D eigenvalue weighted by Crippen LogP contribution is -2.38. The predicted molar refractivity (Wildman–Crippen MR) is 101 cm³/mol. The smallest absolute Gasteiger partial charge is 0.411 e. The summed E-state index contributed by atoms with van der Waals surface area (Å²) in [6.07, 6.45) is -0.504. The Morgan fingerprint density at radius 3 is 2.54 bits per heavy atom. The molecule has 138 valence electrons. The van der Waals surface area contributed by atoms with Gasteiger partial charge in [-0.15, -0.1) is 0 Å². The molecule has 0 heterocycles. The summed E-state index contributed by atoms with van der Waals surface area (Å²) >= 11 is 0. The standard InChI is InChI=1S/C19H23FN4O2/c1-21-18(24(2)13-15-5-4-6-16(20)11-15)22-12-14-7-9-17(10-8-14)23-19(25)26-3/h4-11H,12-13H2,1-3H3,(H,21,22)(H,23,25). The van der Waals surface area contributed by atoms with Gasteiger partial charge in [0.25, 0.3) is 0 Å². The Labute approximate surface area is 152 Å². The Morgan fingerprint density at radius 1 is 1.19 bits per heavy atom. The summed E-state index contributed by atoms with van der Waals surface area (Å²) in [6.45, 7) is 1.11. The number of aliphatic imine (C=N–C) groups is 1. The molecule has 0 atom stereocenters. The van der Waals surface area contributed by atoms with Crippen LogP contribution in [-0.4, -0.2) is 38.2 Å². The molecule has 2 rings (SSSR count). The van der Waals surface area contributed by atoms with E-state index in [-0.39, 0.29) is 5.82 Å². The average molecular weight is 358 g/mol. The largest absolute Gasteiger partial charge is 0.453 e. The van der Waals surface area contributed by atoms with Crippen LogP contribution in [0.5, 0.6) is 0 Å². The van der Waals surface area contributed by atoms with Crippen LogP contribution < -0.4 is 10.6 Å². The van der Waals surface area contributed by atoms with Crippen molar-refractivity contribution in [3.05, 3.63) is 65.5 Å². The summed E-state index contributed by atoms with van der Waals surface area (Å²) < 4.78 is 17.9. The Hall–Kier alpha value is -3.09. The number of carbonyl (C=O) groups is 1. The van der Waals surface area contributed by atoms with Crippen molar-refractivity contribution in [2.24, 2.45) is 4.99 Å². The molecule has 0 aliphatic heterocycles. The van der Waals surface area contributed by atoms with E-state index in [2.05, 4.69) is 20.4 Å². The zero-order chi connectivity index (χ0) is 18.9. The molecule has 0 fully saturated rings. The van der Waals surface area contributed by atoms with Crippen LogP contribution in [0.25, 0.3) is 0 Å². The van der Waals surface area contributed by atoms with Gasteiger partial charge in [0, 0.05) is 32.9 Å². The summed E-state index contributed by atoms with van der Waals surface area (Å²) in [4.78, 5) is 17.3. The van der Waals surface area contributed by atoms with Crippen molar-refractivity contribution in [2.75, 3.05) is 26.5 Å². The molecule has 2 N–H and O–H groups in total. The van der Waals surface area contributed by atoms with Crippen LogP contribution in [0.2, 0.25) is 0 Å². The molecule has 6 nitrogen and oxygen atoms in total. The molecule has 1 amide bonds. The van der Waals surface area contributed by atoms with E-state index in [0.29, 0.717) is 24.7 Å². The first kappa shape index (κ1) is 19.2. The normalized spacial score (nSPS) is 11.0. The van der Waals surface area contributed by atoms with Gasteiger partial charge in [0.2, 0.25) is 0 Å². The minimum absolute atomic E-state index is 0.250. The molecule has 0 aliphatic rings. The highest BCUT2D eigenvalue weighted by atomic mass is 19.1. The number of carbonyl (C=O) groups excluding carboxylic acids is 1. The first-order chi connectivity index (χ1) is 12.5. The highest BCUT2D eigenvalue weighted by Crippen LogP contribution is 2.10. The van der Waals surface area contributed by atoms with Crippen LogP contribution in [0.3, 0.4) is 0 Å². The van der Waals surface area contributed by atoms with E-state index in [1.807, 2.05) is 30.1 Å². The monoisotopic (exact) mass is 358 g/mol. The lowest BCUT2D eigenvalue weighted by Gasteiger charge is -2.22. The average Bonchev–Trinajstić information content (AvgIpc) is 2.63. The fraction of sp³-hybridized carbons (Fsp3) is 0.263. The maximum absolute atomic E-state index is 13.3. The summed E-state index contributed by atoms with van der Waals surface area (Å²) in [7, 11) is 4.91. The van der Waals surface area contributed by atoms with Gasteiger partial charge in [-0.1, -0.05) is 24.3 Å². The molecule has 0 saturated heterocycles. The molecule has 0 unspecified atom stereocenters. The second-order valence-electron chi connectivity index (χ2n) is 5.70. The molecule has 0 radical (unpaired) electrons. The van der Waals surface area contributed by atoms with Crippen molar-refractivity contribution in [3.63, 3.8) is 0 Å². The van der Waals surface area contributed by atoms with Crippen molar-refractivity contribution < 1.29 is 13.9 Å². The molecular weight excluding hydrogens is 335 g/mol. The third kappa shape index (κ3) is 5.77. The van der Waals surface area contributed by atoms with Crippen LogP contribution in [0.1, 0.15) is 11.1 Å². The molecule has 0 aromatic heterocycles. The van der Waals surface area contributed by atoms with Gasteiger partial charge in [-0.3, -0.25) is 10.3 Å². The highest BCUT2D eigenvalue weighted by Gasteiger charge is 2.07. The molecule has 2 aromatic rings. The number of methoxy groups -OCH3 is 1. The molecule has 0 bridgehead atoms. The number of hydrogen-bond donors (Lipinski definition) is 2. The zero-order valence-electron chi connectivity index (χ0n) is 15.1. The number of nitrogens with zero attached hydrogens (tertiary/aromatic N) is 2. The molecule has 26 heavy (non-hydrogen) atoms. The van der Waals surface area contributed by atoms with Gasteiger partial charge in [-0.05, 0) is 35.4 Å². The second kappa shape index (κ2) is 9.41. The van der Waals surface area contributed by atoms with Crippen molar-refractivity contribution in [3.8, 4) is 0 Å². The Balaban J connectivity index is 1.90. The number of anilines is 1. The summed E-state index contributed by atoms with van der Waals surface area (Å²) in [5.74, 6) is 0.450. The van der Waals surface area contributed by atoms with E-state index in [1.54, 1.807) is 25.2 Å². The molecule has 0 spiro atoms. The van der Waals surface area contributed by atoms with Crippen molar-refractivity contribution in [2.45, 2.75) is 13.1 Å². The topological polar surface area (TPSA) is 66.0 Å². The summed E-state index contributed by atoms with van der Waals surface area (Å²) in [5.41, 5.74) is 2.56. The maximum atomic E-state index is 13.3. The van der Waals surface area contributed by atoms with E-state index >= 15 is 0 Å². The van der Waals surface area contributed by atoms with Crippen molar-refractivity contribution in [1.82, 2.24) is 10.2 Å². The van der Waals surface area contributed by atoms with E-state index < -0.39 is 6.09 Å².